The molecular formula is C14H16N2O6S. The third-order valence-electron chi connectivity index (χ3n) is 3.20. The Hall–Kier alpha value is -2.26. The molecule has 0 bridgehead atoms. The highest BCUT2D eigenvalue weighted by Gasteiger charge is 2.40. The largest absolute Gasteiger partial charge is 0.351 e. The van der Waals surface area contributed by atoms with Crippen LogP contribution in [0.25, 0.3) is 0 Å². The van der Waals surface area contributed by atoms with Crippen LogP contribution in [0.5, 0.6) is 0 Å². The summed E-state index contributed by atoms with van der Waals surface area (Å²) in [5, 5.41) is 0.354. The van der Waals surface area contributed by atoms with Crippen molar-refractivity contribution in [3.8, 4) is 0 Å². The number of nitrogens with one attached hydrogen (secondary N) is 1. The lowest BCUT2D eigenvalue weighted by Crippen LogP contribution is -2.47. The van der Waals surface area contributed by atoms with Crippen molar-refractivity contribution in [2.75, 3.05) is 6.26 Å². The Balaban J connectivity index is 2.20. The molecule has 9 heteroatoms. The fourth-order valence-electron chi connectivity index (χ4n) is 2.08. The normalized spacial score (nSPS) is 15.7. The molecule has 1 aromatic carbocycles. The first kappa shape index (κ1) is 17.1. The van der Waals surface area contributed by atoms with E-state index in [1.54, 1.807) is 26.0 Å². The Morgan fingerprint density at radius 1 is 1.13 bits per heavy atom. The topological polar surface area (TPSA) is 110 Å². The highest BCUT2D eigenvalue weighted by molar-refractivity contribution is 7.88. The fraction of sp³-hybridized carbons (Fsp3) is 0.357. The number of benzene rings is 1. The van der Waals surface area contributed by atoms with Gasteiger partial charge in [-0.2, -0.15) is 0 Å². The average molecular weight is 340 g/mol. The van der Waals surface area contributed by atoms with Crippen molar-refractivity contribution in [1.29, 1.82) is 0 Å². The van der Waals surface area contributed by atoms with Gasteiger partial charge in [-0.15, -0.1) is 0 Å². The quantitative estimate of drug-likeness (QED) is 0.773. The van der Waals surface area contributed by atoms with Gasteiger partial charge in [0.25, 0.3) is 11.8 Å². The second-order valence-corrected chi connectivity index (χ2v) is 7.25. The zero-order valence-corrected chi connectivity index (χ0v) is 13.6. The van der Waals surface area contributed by atoms with E-state index in [1.165, 1.54) is 12.1 Å². The molecule has 124 valence electrons. The molecule has 0 aliphatic carbocycles. The van der Waals surface area contributed by atoms with Crippen LogP contribution < -0.4 is 4.72 Å². The molecule has 1 N–H and O–H groups in total. The highest BCUT2D eigenvalue weighted by Crippen LogP contribution is 2.23. The van der Waals surface area contributed by atoms with Crippen molar-refractivity contribution in [2.45, 2.75) is 19.9 Å². The van der Waals surface area contributed by atoms with Gasteiger partial charge in [0.2, 0.25) is 10.0 Å². The minimum absolute atomic E-state index is 0.127. The number of carbonyl (C=O) groups is 3. The van der Waals surface area contributed by atoms with Crippen molar-refractivity contribution in [3.05, 3.63) is 35.4 Å². The minimum atomic E-state index is -3.67. The Bertz CT molecular complexity index is 736. The summed E-state index contributed by atoms with van der Waals surface area (Å²) in [6.07, 6.45) is 0.900. The molecule has 0 spiro atoms. The fourth-order valence-corrected chi connectivity index (χ4v) is 2.91. The molecule has 0 radical (unpaired) electrons. The van der Waals surface area contributed by atoms with E-state index < -0.39 is 39.8 Å². The number of rotatable bonds is 5. The van der Waals surface area contributed by atoms with Gasteiger partial charge in [0.15, 0.2) is 0 Å². The molecule has 2 rings (SSSR count). The standard InChI is InChI=1S/C14H16N2O6S/c1-8(2)11(15-23(3,20)21)14(19)22-16-12(17)9-6-4-5-7-10(9)13(16)18/h4-8,11,15H,1-3H3/t11-/m0/s1. The van der Waals surface area contributed by atoms with Crippen LogP contribution in [-0.2, 0) is 19.7 Å². The smallest absolute Gasteiger partial charge is 0.328 e. The van der Waals surface area contributed by atoms with Gasteiger partial charge in [0, 0.05) is 0 Å². The van der Waals surface area contributed by atoms with Crippen molar-refractivity contribution < 1.29 is 27.6 Å². The zero-order valence-electron chi connectivity index (χ0n) is 12.8. The molecular weight excluding hydrogens is 324 g/mol. The van der Waals surface area contributed by atoms with Gasteiger partial charge in [-0.25, -0.2) is 17.9 Å². The van der Waals surface area contributed by atoms with E-state index in [2.05, 4.69) is 4.72 Å². The molecule has 0 unspecified atom stereocenters. The zero-order chi connectivity index (χ0) is 17.4. The Morgan fingerprint density at radius 3 is 2.00 bits per heavy atom. The molecule has 0 fully saturated rings. The van der Waals surface area contributed by atoms with E-state index in [-0.39, 0.29) is 11.1 Å². The van der Waals surface area contributed by atoms with Crippen LogP contribution in [0.1, 0.15) is 34.6 Å². The molecule has 0 saturated carbocycles. The summed E-state index contributed by atoms with van der Waals surface area (Å²) in [5.41, 5.74) is 0.255. The van der Waals surface area contributed by atoms with Crippen molar-refractivity contribution in [1.82, 2.24) is 9.79 Å². The van der Waals surface area contributed by atoms with Crippen LogP contribution in [0.2, 0.25) is 0 Å². The number of hydrogen-bond acceptors (Lipinski definition) is 6. The summed E-state index contributed by atoms with van der Waals surface area (Å²) in [7, 11) is -3.67. The number of nitrogens with zero attached hydrogens (tertiary/aromatic N) is 1. The second-order valence-electron chi connectivity index (χ2n) is 5.47. The predicted molar refractivity (Wildman–Crippen MR) is 79.6 cm³/mol. The lowest BCUT2D eigenvalue weighted by atomic mass is 10.1. The van der Waals surface area contributed by atoms with Crippen molar-refractivity contribution >= 4 is 27.8 Å². The first-order chi connectivity index (χ1) is 10.6. The molecule has 0 saturated heterocycles. The average Bonchev–Trinajstić information content (AvgIpc) is 2.69. The van der Waals surface area contributed by atoms with E-state index in [0.717, 1.165) is 6.26 Å². The van der Waals surface area contributed by atoms with Gasteiger partial charge in [-0.1, -0.05) is 31.0 Å². The number of hydrogen-bond donors (Lipinski definition) is 1. The summed E-state index contributed by atoms with van der Waals surface area (Å²) in [4.78, 5) is 41.2. The van der Waals surface area contributed by atoms with Gasteiger partial charge >= 0.3 is 5.97 Å². The van der Waals surface area contributed by atoms with Gasteiger partial charge in [-0.05, 0) is 18.1 Å². The number of fused-ring (bicyclic) bond motifs is 1. The number of hydroxylamine groups is 2. The van der Waals surface area contributed by atoms with Crippen LogP contribution in [0.4, 0.5) is 0 Å². The molecule has 0 aromatic heterocycles. The molecule has 8 nitrogen and oxygen atoms in total. The van der Waals surface area contributed by atoms with Crippen molar-refractivity contribution in [3.63, 3.8) is 0 Å². The predicted octanol–water partition coefficient (Wildman–Crippen LogP) is 0.315. The van der Waals surface area contributed by atoms with Crippen LogP contribution in [0.15, 0.2) is 24.3 Å². The lowest BCUT2D eigenvalue weighted by molar-refractivity contribution is -0.171. The maximum absolute atomic E-state index is 12.2. The molecule has 1 aliphatic heterocycles. The minimum Gasteiger partial charge on any atom is -0.328 e. The first-order valence-corrected chi connectivity index (χ1v) is 8.68. The number of amides is 2. The van der Waals surface area contributed by atoms with Gasteiger partial charge < -0.3 is 4.84 Å². The van der Waals surface area contributed by atoms with E-state index in [9.17, 15) is 22.8 Å². The van der Waals surface area contributed by atoms with E-state index >= 15 is 0 Å². The summed E-state index contributed by atoms with van der Waals surface area (Å²) < 4.78 is 24.8. The van der Waals surface area contributed by atoms with Gasteiger partial charge in [0.05, 0.1) is 17.4 Å². The summed E-state index contributed by atoms with van der Waals surface area (Å²) in [6, 6.07) is 4.83. The summed E-state index contributed by atoms with van der Waals surface area (Å²) >= 11 is 0. The number of sulfonamides is 1. The molecule has 2 amide bonds. The van der Waals surface area contributed by atoms with Gasteiger partial charge in [0.1, 0.15) is 6.04 Å². The summed E-state index contributed by atoms with van der Waals surface area (Å²) in [5.74, 6) is -2.99. The molecule has 1 aromatic rings. The molecule has 23 heavy (non-hydrogen) atoms. The maximum Gasteiger partial charge on any atom is 0.351 e. The second kappa shape index (κ2) is 6.09. The van der Waals surface area contributed by atoms with E-state index in [4.69, 9.17) is 4.84 Å². The highest BCUT2D eigenvalue weighted by atomic mass is 32.2. The molecule has 1 aliphatic rings. The third kappa shape index (κ3) is 3.57. The lowest BCUT2D eigenvalue weighted by Gasteiger charge is -2.21. The number of carbonyl (C=O) groups excluding carboxylic acids is 3. The first-order valence-electron chi connectivity index (χ1n) is 6.78. The maximum atomic E-state index is 12.2. The Kier molecular flexibility index (Phi) is 4.53. The molecule has 1 heterocycles. The van der Waals surface area contributed by atoms with Crippen molar-refractivity contribution in [2.24, 2.45) is 5.92 Å². The van der Waals surface area contributed by atoms with E-state index in [1.807, 2.05) is 0 Å². The monoisotopic (exact) mass is 340 g/mol. The SMILES string of the molecule is CC(C)[C@H](NS(C)(=O)=O)C(=O)ON1C(=O)c2ccccc2C1=O. The summed E-state index contributed by atoms with van der Waals surface area (Å²) in [6.45, 7) is 3.21. The van der Waals surface area contributed by atoms with Gasteiger partial charge in [-0.3, -0.25) is 9.59 Å². The van der Waals surface area contributed by atoms with E-state index in [0.29, 0.717) is 5.06 Å². The Morgan fingerprint density at radius 2 is 1.61 bits per heavy atom. The van der Waals surface area contributed by atoms with Crippen LogP contribution in [0.3, 0.4) is 0 Å². The van der Waals surface area contributed by atoms with Crippen LogP contribution in [-0.4, -0.2) is 43.6 Å². The Labute approximate surface area is 133 Å². The van der Waals surface area contributed by atoms with Crippen LogP contribution in [0, 0.1) is 5.92 Å². The number of imide groups is 1. The third-order valence-corrected chi connectivity index (χ3v) is 3.88. The molecule has 1 atom stereocenters. The van der Waals surface area contributed by atoms with Crippen LogP contribution >= 0.6 is 0 Å².